The third-order valence-corrected chi connectivity index (χ3v) is 4.47. The number of aromatic nitrogens is 1. The molecule has 0 spiro atoms. The van der Waals surface area contributed by atoms with Gasteiger partial charge in [-0.2, -0.15) is 0 Å². The molecule has 2 rings (SSSR count). The van der Waals surface area contributed by atoms with Gasteiger partial charge in [-0.15, -0.1) is 0 Å². The lowest BCUT2D eigenvalue weighted by atomic mass is 9.95. The van der Waals surface area contributed by atoms with Crippen LogP contribution >= 0.6 is 0 Å². The number of hydrogen-bond acceptors (Lipinski definition) is 5. The van der Waals surface area contributed by atoms with Gasteiger partial charge in [0.1, 0.15) is 11.4 Å². The van der Waals surface area contributed by atoms with Crippen molar-refractivity contribution >= 4 is 17.8 Å². The second kappa shape index (κ2) is 9.06. The third kappa shape index (κ3) is 6.73. The standard InChI is InChI=1S/C20H32N4O3/c1-20(2,3)27-19(26)24-12-6-7-15(14-24)8-10-22-18(25)16-9-11-21-17(13-16)23(4)5/h9,11,13,15H,6-8,10,12,14H2,1-5H3,(H,22,25). The fraction of sp³-hybridized carbons (Fsp3) is 0.650. The summed E-state index contributed by atoms with van der Waals surface area (Å²) in [7, 11) is 3.78. The summed E-state index contributed by atoms with van der Waals surface area (Å²) in [5.41, 5.74) is 0.126. The van der Waals surface area contributed by atoms with Crippen molar-refractivity contribution in [1.29, 1.82) is 0 Å². The number of piperidine rings is 1. The molecule has 27 heavy (non-hydrogen) atoms. The van der Waals surface area contributed by atoms with Gasteiger partial charge in [-0.25, -0.2) is 9.78 Å². The maximum Gasteiger partial charge on any atom is 0.410 e. The second-order valence-corrected chi connectivity index (χ2v) is 8.28. The summed E-state index contributed by atoms with van der Waals surface area (Å²) in [5.74, 6) is 1.03. The van der Waals surface area contributed by atoms with Gasteiger partial charge in [-0.1, -0.05) is 0 Å². The minimum atomic E-state index is -0.478. The van der Waals surface area contributed by atoms with Crippen molar-refractivity contribution in [2.75, 3.05) is 38.6 Å². The van der Waals surface area contributed by atoms with Gasteiger partial charge >= 0.3 is 6.09 Å². The highest BCUT2D eigenvalue weighted by atomic mass is 16.6. The van der Waals surface area contributed by atoms with Crippen molar-refractivity contribution in [3.05, 3.63) is 23.9 Å². The van der Waals surface area contributed by atoms with E-state index in [0.29, 0.717) is 24.6 Å². The van der Waals surface area contributed by atoms with Crippen molar-refractivity contribution < 1.29 is 14.3 Å². The van der Waals surface area contributed by atoms with Gasteiger partial charge in [0.25, 0.3) is 5.91 Å². The van der Waals surface area contributed by atoms with Gasteiger partial charge in [-0.3, -0.25) is 4.79 Å². The molecule has 0 aromatic carbocycles. The number of nitrogens with one attached hydrogen (secondary N) is 1. The molecule has 0 aliphatic carbocycles. The van der Waals surface area contributed by atoms with Crippen molar-refractivity contribution in [2.24, 2.45) is 5.92 Å². The van der Waals surface area contributed by atoms with Crippen molar-refractivity contribution in [3.63, 3.8) is 0 Å². The Morgan fingerprint density at radius 3 is 2.78 bits per heavy atom. The molecule has 0 radical (unpaired) electrons. The highest BCUT2D eigenvalue weighted by Crippen LogP contribution is 2.21. The first-order valence-electron chi connectivity index (χ1n) is 9.55. The average Bonchev–Trinajstić information content (AvgIpc) is 2.60. The van der Waals surface area contributed by atoms with Gasteiger partial charge < -0.3 is 19.9 Å². The molecule has 1 aromatic rings. The maximum absolute atomic E-state index is 12.3. The summed E-state index contributed by atoms with van der Waals surface area (Å²) in [6.07, 6.45) is 4.27. The topological polar surface area (TPSA) is 74.8 Å². The Hall–Kier alpha value is -2.31. The number of pyridine rings is 1. The predicted octanol–water partition coefficient (Wildman–Crippen LogP) is 2.91. The zero-order valence-electron chi connectivity index (χ0n) is 17.1. The van der Waals surface area contributed by atoms with Crippen LogP contribution in [-0.2, 0) is 4.74 Å². The normalized spacial score (nSPS) is 17.4. The first-order valence-corrected chi connectivity index (χ1v) is 9.55. The summed E-state index contributed by atoms with van der Waals surface area (Å²) in [4.78, 5) is 32.5. The molecule has 1 aromatic heterocycles. The summed E-state index contributed by atoms with van der Waals surface area (Å²) in [6, 6.07) is 3.49. The van der Waals surface area contributed by atoms with Crippen molar-refractivity contribution in [2.45, 2.75) is 45.6 Å². The Balaban J connectivity index is 1.80. The average molecular weight is 377 g/mol. The smallest absolute Gasteiger partial charge is 0.410 e. The molecular formula is C20H32N4O3. The lowest BCUT2D eigenvalue weighted by molar-refractivity contribution is 0.0161. The number of hydrogen-bond donors (Lipinski definition) is 1. The van der Waals surface area contributed by atoms with Crippen LogP contribution in [0.3, 0.4) is 0 Å². The van der Waals surface area contributed by atoms with E-state index in [1.807, 2.05) is 39.8 Å². The number of anilines is 1. The number of carbonyl (C=O) groups excluding carboxylic acids is 2. The van der Waals surface area contributed by atoms with Gasteiger partial charge in [0.2, 0.25) is 0 Å². The van der Waals surface area contributed by atoms with Gasteiger partial charge in [-0.05, 0) is 58.1 Å². The fourth-order valence-corrected chi connectivity index (χ4v) is 3.09. The van der Waals surface area contributed by atoms with E-state index in [1.165, 1.54) is 0 Å². The van der Waals surface area contributed by atoms with Crippen LogP contribution in [0.1, 0.15) is 50.4 Å². The molecule has 1 aliphatic rings. The van der Waals surface area contributed by atoms with E-state index in [1.54, 1.807) is 23.2 Å². The largest absolute Gasteiger partial charge is 0.444 e. The molecule has 7 heteroatoms. The number of ether oxygens (including phenoxy) is 1. The van der Waals surface area contributed by atoms with Crippen molar-refractivity contribution in [3.8, 4) is 0 Å². The fourth-order valence-electron chi connectivity index (χ4n) is 3.09. The molecule has 1 N–H and O–H groups in total. The molecule has 7 nitrogen and oxygen atoms in total. The summed E-state index contributed by atoms with van der Waals surface area (Å²) in [6.45, 7) is 7.65. The number of carbonyl (C=O) groups is 2. The molecule has 1 saturated heterocycles. The zero-order chi connectivity index (χ0) is 20.0. The molecule has 1 unspecified atom stereocenters. The lowest BCUT2D eigenvalue weighted by Crippen LogP contribution is -2.43. The Morgan fingerprint density at radius 1 is 1.37 bits per heavy atom. The third-order valence-electron chi connectivity index (χ3n) is 4.47. The van der Waals surface area contributed by atoms with Crippen LogP contribution < -0.4 is 10.2 Å². The first kappa shape index (κ1) is 21.0. The molecule has 150 valence electrons. The molecule has 0 bridgehead atoms. The van der Waals surface area contributed by atoms with E-state index in [9.17, 15) is 9.59 Å². The monoisotopic (exact) mass is 376 g/mol. The lowest BCUT2D eigenvalue weighted by Gasteiger charge is -2.34. The Morgan fingerprint density at radius 2 is 2.11 bits per heavy atom. The number of amides is 2. The number of nitrogens with zero attached hydrogens (tertiary/aromatic N) is 3. The van der Waals surface area contributed by atoms with E-state index in [-0.39, 0.29) is 12.0 Å². The van der Waals surface area contributed by atoms with Gasteiger partial charge in [0.15, 0.2) is 0 Å². The molecule has 1 fully saturated rings. The van der Waals surface area contributed by atoms with Crippen LogP contribution in [0.2, 0.25) is 0 Å². The van der Waals surface area contributed by atoms with Crippen LogP contribution in [-0.4, -0.2) is 61.2 Å². The Kier molecular flexibility index (Phi) is 7.05. The van der Waals surface area contributed by atoms with Crippen LogP contribution in [0, 0.1) is 5.92 Å². The molecule has 2 heterocycles. The molecule has 2 amide bonds. The van der Waals surface area contributed by atoms with Gasteiger partial charge in [0.05, 0.1) is 0 Å². The minimum Gasteiger partial charge on any atom is -0.444 e. The second-order valence-electron chi connectivity index (χ2n) is 8.28. The van der Waals surface area contributed by atoms with E-state index < -0.39 is 5.60 Å². The minimum absolute atomic E-state index is 0.0969. The van der Waals surface area contributed by atoms with E-state index in [4.69, 9.17) is 4.74 Å². The Bertz CT molecular complexity index is 655. The highest BCUT2D eigenvalue weighted by molar-refractivity contribution is 5.94. The summed E-state index contributed by atoms with van der Waals surface area (Å²) < 4.78 is 5.46. The van der Waals surface area contributed by atoms with Crippen molar-refractivity contribution in [1.82, 2.24) is 15.2 Å². The van der Waals surface area contributed by atoms with Gasteiger partial charge in [0, 0.05) is 45.5 Å². The van der Waals surface area contributed by atoms with Crippen LogP contribution in [0.15, 0.2) is 18.3 Å². The summed E-state index contributed by atoms with van der Waals surface area (Å²) >= 11 is 0. The molecule has 1 atom stereocenters. The van der Waals surface area contributed by atoms with Crippen LogP contribution in [0.25, 0.3) is 0 Å². The SMILES string of the molecule is CN(C)c1cc(C(=O)NCCC2CCCN(C(=O)OC(C)(C)C)C2)ccn1. The maximum atomic E-state index is 12.3. The van der Waals surface area contributed by atoms with Crippen LogP contribution in [0.5, 0.6) is 0 Å². The number of likely N-dealkylation sites (tertiary alicyclic amines) is 1. The molecule has 1 aliphatic heterocycles. The van der Waals surface area contributed by atoms with Crippen LogP contribution in [0.4, 0.5) is 10.6 Å². The number of rotatable bonds is 5. The van der Waals surface area contributed by atoms with E-state index in [0.717, 1.165) is 31.6 Å². The van der Waals surface area contributed by atoms with E-state index in [2.05, 4.69) is 10.3 Å². The Labute approximate surface area is 162 Å². The molecular weight excluding hydrogens is 344 g/mol. The van der Waals surface area contributed by atoms with E-state index >= 15 is 0 Å². The zero-order valence-corrected chi connectivity index (χ0v) is 17.1. The highest BCUT2D eigenvalue weighted by Gasteiger charge is 2.27. The quantitative estimate of drug-likeness (QED) is 0.855. The summed E-state index contributed by atoms with van der Waals surface area (Å²) in [5, 5.41) is 2.97. The predicted molar refractivity (Wildman–Crippen MR) is 106 cm³/mol. The first-order chi connectivity index (χ1) is 12.7. The molecule has 0 saturated carbocycles.